The molecule has 1 aromatic rings. The van der Waals surface area contributed by atoms with Crippen molar-refractivity contribution in [1.82, 2.24) is 15.1 Å². The van der Waals surface area contributed by atoms with Gasteiger partial charge in [-0.1, -0.05) is 6.92 Å². The molecule has 1 aliphatic rings. The molecule has 2 N–H and O–H groups in total. The molecule has 1 aliphatic heterocycles. The molecule has 23 heavy (non-hydrogen) atoms. The van der Waals surface area contributed by atoms with Crippen LogP contribution in [-0.2, 0) is 11.2 Å². The summed E-state index contributed by atoms with van der Waals surface area (Å²) in [5, 5.41) is 13.2. The molecule has 0 aromatic carbocycles. The van der Waals surface area contributed by atoms with Gasteiger partial charge in [-0.15, -0.1) is 11.3 Å². The van der Waals surface area contributed by atoms with Gasteiger partial charge in [0.15, 0.2) is 0 Å². The van der Waals surface area contributed by atoms with Crippen molar-refractivity contribution in [1.29, 1.82) is 0 Å². The third-order valence-corrected chi connectivity index (χ3v) is 5.30. The van der Waals surface area contributed by atoms with E-state index in [1.165, 1.54) is 16.2 Å². The van der Waals surface area contributed by atoms with Crippen molar-refractivity contribution in [2.45, 2.75) is 31.9 Å². The van der Waals surface area contributed by atoms with E-state index in [0.29, 0.717) is 30.9 Å². The summed E-state index contributed by atoms with van der Waals surface area (Å²) in [6, 6.07) is 3.53. The largest absolute Gasteiger partial charge is 0.390 e. The van der Waals surface area contributed by atoms with Gasteiger partial charge in [-0.2, -0.15) is 0 Å². The number of nitrogens with one attached hydrogen (secondary N) is 1. The molecular weight excluding hydrogens is 314 g/mol. The molecule has 6 nitrogen and oxygen atoms in total. The van der Waals surface area contributed by atoms with Crippen LogP contribution in [0.25, 0.3) is 0 Å². The predicted octanol–water partition coefficient (Wildman–Crippen LogP) is 0.564. The van der Waals surface area contributed by atoms with Crippen LogP contribution in [0.15, 0.2) is 12.1 Å². The molecule has 0 saturated carbocycles. The van der Waals surface area contributed by atoms with Gasteiger partial charge in [-0.25, -0.2) is 0 Å². The van der Waals surface area contributed by atoms with Gasteiger partial charge in [0.05, 0.1) is 23.6 Å². The fourth-order valence-electron chi connectivity index (χ4n) is 2.57. The lowest BCUT2D eigenvalue weighted by molar-refractivity contribution is -0.130. The second kappa shape index (κ2) is 7.90. The molecule has 1 aromatic heterocycles. The summed E-state index contributed by atoms with van der Waals surface area (Å²) in [5.41, 5.74) is 0. The summed E-state index contributed by atoms with van der Waals surface area (Å²) in [6.45, 7) is 3.44. The van der Waals surface area contributed by atoms with Gasteiger partial charge in [0.2, 0.25) is 5.91 Å². The van der Waals surface area contributed by atoms with Crippen molar-refractivity contribution in [3.05, 3.63) is 21.9 Å². The summed E-state index contributed by atoms with van der Waals surface area (Å²) < 4.78 is 0. The van der Waals surface area contributed by atoms with Gasteiger partial charge >= 0.3 is 0 Å². The van der Waals surface area contributed by atoms with E-state index < -0.39 is 6.10 Å². The maximum atomic E-state index is 12.3. The fourth-order valence-corrected chi connectivity index (χ4v) is 3.42. The van der Waals surface area contributed by atoms with Gasteiger partial charge in [0, 0.05) is 32.1 Å². The first-order valence-corrected chi connectivity index (χ1v) is 8.72. The quantitative estimate of drug-likeness (QED) is 0.822. The van der Waals surface area contributed by atoms with Crippen LogP contribution in [0.3, 0.4) is 0 Å². The fraction of sp³-hybridized carbons (Fsp3) is 0.625. The first kappa shape index (κ1) is 17.9. The van der Waals surface area contributed by atoms with Crippen LogP contribution in [0.5, 0.6) is 0 Å². The van der Waals surface area contributed by atoms with Crippen LogP contribution in [0.4, 0.5) is 0 Å². The average Bonchev–Trinajstić information content (AvgIpc) is 2.99. The van der Waals surface area contributed by atoms with Crippen LogP contribution in [0, 0.1) is 0 Å². The van der Waals surface area contributed by atoms with Crippen molar-refractivity contribution in [3.63, 3.8) is 0 Å². The molecule has 1 fully saturated rings. The van der Waals surface area contributed by atoms with E-state index >= 15 is 0 Å². The molecular formula is C16H25N3O3S. The van der Waals surface area contributed by atoms with Crippen molar-refractivity contribution in [3.8, 4) is 0 Å². The molecule has 0 spiro atoms. The minimum atomic E-state index is -0.659. The first-order valence-electron chi connectivity index (χ1n) is 7.90. The van der Waals surface area contributed by atoms with Crippen molar-refractivity contribution in [2.75, 3.05) is 33.7 Å². The Kier molecular flexibility index (Phi) is 6.15. The molecule has 0 unspecified atom stereocenters. The molecule has 1 saturated heterocycles. The van der Waals surface area contributed by atoms with E-state index in [0.717, 1.165) is 6.42 Å². The third-order valence-electron chi connectivity index (χ3n) is 4.07. The smallest absolute Gasteiger partial charge is 0.261 e. The Bertz CT molecular complexity index is 559. The van der Waals surface area contributed by atoms with E-state index in [2.05, 4.69) is 12.2 Å². The number of β-amino-alcohol motifs (C(OH)–C–C–N with tert-alkyl or cyclic N) is 1. The molecule has 7 heteroatoms. The lowest BCUT2D eigenvalue weighted by atomic mass is 10.0. The second-order valence-electron chi connectivity index (χ2n) is 6.08. The standard InChI is InChI=1S/C16H25N3O3S/c1-4-11-5-6-14(23-11)16(22)17-12-7-8-19(9-13(12)20)10-15(21)18(2)3/h5-6,12-13,20H,4,7-10H2,1-3H3,(H,17,22)/t12-,13-/m1/s1. The predicted molar refractivity (Wildman–Crippen MR) is 90.7 cm³/mol. The number of hydrogen-bond acceptors (Lipinski definition) is 5. The highest BCUT2D eigenvalue weighted by atomic mass is 32.1. The van der Waals surface area contributed by atoms with Crippen molar-refractivity contribution < 1.29 is 14.7 Å². The van der Waals surface area contributed by atoms with Crippen LogP contribution in [-0.4, -0.2) is 72.6 Å². The number of rotatable bonds is 5. The van der Waals surface area contributed by atoms with Gasteiger partial charge in [0.1, 0.15) is 0 Å². The number of piperidine rings is 1. The topological polar surface area (TPSA) is 72.9 Å². The third kappa shape index (κ3) is 4.76. The zero-order chi connectivity index (χ0) is 17.0. The Balaban J connectivity index is 1.86. The molecule has 0 radical (unpaired) electrons. The molecule has 2 amide bonds. The molecule has 0 aliphatic carbocycles. The zero-order valence-electron chi connectivity index (χ0n) is 13.9. The van der Waals surface area contributed by atoms with Crippen LogP contribution in [0.1, 0.15) is 27.9 Å². The number of amides is 2. The number of hydrogen-bond donors (Lipinski definition) is 2. The highest BCUT2D eigenvalue weighted by Crippen LogP contribution is 2.18. The first-order chi connectivity index (χ1) is 10.9. The minimum absolute atomic E-state index is 0.0189. The van der Waals surface area contributed by atoms with Gasteiger partial charge < -0.3 is 15.3 Å². The van der Waals surface area contributed by atoms with E-state index in [1.54, 1.807) is 19.0 Å². The van der Waals surface area contributed by atoms with Gasteiger partial charge in [-0.3, -0.25) is 14.5 Å². The highest BCUT2D eigenvalue weighted by Gasteiger charge is 2.30. The average molecular weight is 339 g/mol. The van der Waals surface area contributed by atoms with E-state index in [9.17, 15) is 14.7 Å². The number of aliphatic hydroxyl groups excluding tert-OH is 1. The van der Waals surface area contributed by atoms with E-state index in [4.69, 9.17) is 0 Å². The Morgan fingerprint density at radius 1 is 1.43 bits per heavy atom. The molecule has 128 valence electrons. The number of likely N-dealkylation sites (tertiary alicyclic amines) is 1. The normalized spacial score (nSPS) is 21.9. The number of carbonyl (C=O) groups excluding carboxylic acids is 2. The lowest BCUT2D eigenvalue weighted by Gasteiger charge is -2.36. The van der Waals surface area contributed by atoms with E-state index in [-0.39, 0.29) is 17.9 Å². The monoisotopic (exact) mass is 339 g/mol. The molecule has 2 atom stereocenters. The Labute approximate surface area is 141 Å². The number of aryl methyl sites for hydroxylation is 1. The minimum Gasteiger partial charge on any atom is -0.390 e. The number of carbonyl (C=O) groups is 2. The Morgan fingerprint density at radius 2 is 2.17 bits per heavy atom. The van der Waals surface area contributed by atoms with Crippen LogP contribution in [0.2, 0.25) is 0 Å². The summed E-state index contributed by atoms with van der Waals surface area (Å²) in [6.07, 6.45) is 0.895. The summed E-state index contributed by atoms with van der Waals surface area (Å²) >= 11 is 1.49. The van der Waals surface area contributed by atoms with Gasteiger partial charge in [-0.05, 0) is 25.0 Å². The molecule has 2 heterocycles. The number of likely N-dealkylation sites (N-methyl/N-ethyl adjacent to an activating group) is 1. The van der Waals surface area contributed by atoms with Crippen LogP contribution >= 0.6 is 11.3 Å². The Hall–Kier alpha value is -1.44. The maximum absolute atomic E-state index is 12.3. The van der Waals surface area contributed by atoms with Crippen molar-refractivity contribution in [2.24, 2.45) is 0 Å². The zero-order valence-corrected chi connectivity index (χ0v) is 14.7. The Morgan fingerprint density at radius 3 is 2.74 bits per heavy atom. The second-order valence-corrected chi connectivity index (χ2v) is 7.25. The van der Waals surface area contributed by atoms with Gasteiger partial charge in [0.25, 0.3) is 5.91 Å². The van der Waals surface area contributed by atoms with E-state index in [1.807, 2.05) is 17.0 Å². The maximum Gasteiger partial charge on any atom is 0.261 e. The van der Waals surface area contributed by atoms with Crippen molar-refractivity contribution >= 4 is 23.2 Å². The summed E-state index contributed by atoms with van der Waals surface area (Å²) in [7, 11) is 3.44. The SMILES string of the molecule is CCc1ccc(C(=O)N[C@@H]2CCN(CC(=O)N(C)C)C[C@H]2O)s1. The number of thiophene rings is 1. The molecule has 2 rings (SSSR count). The van der Waals surface area contributed by atoms with Crippen LogP contribution < -0.4 is 5.32 Å². The summed E-state index contributed by atoms with van der Waals surface area (Å²) in [4.78, 5) is 29.3. The lowest BCUT2D eigenvalue weighted by Crippen LogP contribution is -2.55. The highest BCUT2D eigenvalue weighted by molar-refractivity contribution is 7.14. The summed E-state index contributed by atoms with van der Waals surface area (Å²) in [5.74, 6) is -0.109. The number of aliphatic hydroxyl groups is 1. The molecule has 0 bridgehead atoms. The number of nitrogens with zero attached hydrogens (tertiary/aromatic N) is 2.